The number of ether oxygens (including phenoxy) is 1. The zero-order valence-corrected chi connectivity index (χ0v) is 22.7. The van der Waals surface area contributed by atoms with Crippen molar-refractivity contribution in [2.45, 2.75) is 78.4 Å². The van der Waals surface area contributed by atoms with E-state index in [0.717, 1.165) is 5.56 Å². The van der Waals surface area contributed by atoms with E-state index in [0.29, 0.717) is 22.2 Å². The summed E-state index contributed by atoms with van der Waals surface area (Å²) in [5.74, 6) is 0.0999. The summed E-state index contributed by atoms with van der Waals surface area (Å²) in [6.45, 7) is 14.1. The van der Waals surface area contributed by atoms with Gasteiger partial charge in [-0.2, -0.15) is 0 Å². The van der Waals surface area contributed by atoms with Crippen molar-refractivity contribution in [3.05, 3.63) is 63.6 Å². The van der Waals surface area contributed by atoms with Gasteiger partial charge in [0.2, 0.25) is 5.91 Å². The molecule has 2 aromatic rings. The number of rotatable bonds is 8. The Morgan fingerprint density at radius 1 is 0.971 bits per heavy atom. The van der Waals surface area contributed by atoms with Crippen LogP contribution in [0.15, 0.2) is 42.5 Å². The lowest BCUT2D eigenvalue weighted by Crippen LogP contribution is -2.54. The van der Waals surface area contributed by atoms with Crippen LogP contribution < -0.4 is 10.1 Å². The molecule has 0 heterocycles. The zero-order valence-electron chi connectivity index (χ0n) is 21.2. The molecular formula is C27H36Cl2N2O3. The predicted octanol–water partition coefficient (Wildman–Crippen LogP) is 6.39. The molecular weight excluding hydrogens is 471 g/mol. The molecule has 1 unspecified atom stereocenters. The van der Waals surface area contributed by atoms with Crippen molar-refractivity contribution in [3.63, 3.8) is 0 Å². The van der Waals surface area contributed by atoms with Gasteiger partial charge in [0.05, 0.1) is 10.0 Å². The smallest absolute Gasteiger partial charge is 0.261 e. The molecule has 0 fully saturated rings. The summed E-state index contributed by atoms with van der Waals surface area (Å²) in [5.41, 5.74) is 1.56. The van der Waals surface area contributed by atoms with Crippen LogP contribution in [0.25, 0.3) is 0 Å². The lowest BCUT2D eigenvalue weighted by Gasteiger charge is -2.33. The fraction of sp³-hybridized carbons (Fsp3) is 0.481. The first-order valence-electron chi connectivity index (χ1n) is 11.5. The molecule has 34 heavy (non-hydrogen) atoms. The van der Waals surface area contributed by atoms with Gasteiger partial charge in [0.25, 0.3) is 5.91 Å². The van der Waals surface area contributed by atoms with Gasteiger partial charge >= 0.3 is 0 Å². The SMILES string of the molecule is CCC(C(=O)NC(C)(C)C)N(Cc1ccc(Cl)c(Cl)c1)C(=O)COc1ccc(C(C)(C)C)cc1. The number of carbonyl (C=O) groups excluding carboxylic acids is 2. The zero-order chi connectivity index (χ0) is 25.7. The van der Waals surface area contributed by atoms with E-state index in [1.807, 2.05) is 52.0 Å². The number of hydrogen-bond donors (Lipinski definition) is 1. The summed E-state index contributed by atoms with van der Waals surface area (Å²) in [6, 6.07) is 12.3. The summed E-state index contributed by atoms with van der Waals surface area (Å²) >= 11 is 12.2. The second kappa shape index (κ2) is 11.5. The van der Waals surface area contributed by atoms with Crippen molar-refractivity contribution in [1.82, 2.24) is 10.2 Å². The van der Waals surface area contributed by atoms with Gasteiger partial charge < -0.3 is 15.0 Å². The van der Waals surface area contributed by atoms with Crippen molar-refractivity contribution in [2.24, 2.45) is 0 Å². The fourth-order valence-corrected chi connectivity index (χ4v) is 3.81. The first kappa shape index (κ1) is 28.0. The number of benzene rings is 2. The third-order valence-electron chi connectivity index (χ3n) is 5.30. The molecule has 5 nitrogen and oxygen atoms in total. The van der Waals surface area contributed by atoms with Gasteiger partial charge in [0.15, 0.2) is 6.61 Å². The van der Waals surface area contributed by atoms with Crippen molar-refractivity contribution in [1.29, 1.82) is 0 Å². The number of halogens is 2. The lowest BCUT2D eigenvalue weighted by atomic mass is 9.87. The average molecular weight is 508 g/mol. The normalized spacial score (nSPS) is 12.7. The highest BCUT2D eigenvalue weighted by Crippen LogP contribution is 2.26. The molecule has 2 aromatic carbocycles. The van der Waals surface area contributed by atoms with Crippen LogP contribution in [0.1, 0.15) is 66.0 Å². The first-order chi connectivity index (χ1) is 15.7. The Bertz CT molecular complexity index is 992. The maximum Gasteiger partial charge on any atom is 0.261 e. The quantitative estimate of drug-likeness (QED) is 0.450. The van der Waals surface area contributed by atoms with Gasteiger partial charge in [-0.15, -0.1) is 0 Å². The lowest BCUT2D eigenvalue weighted by molar-refractivity contribution is -0.143. The summed E-state index contributed by atoms with van der Waals surface area (Å²) in [4.78, 5) is 27.9. The number of carbonyl (C=O) groups is 2. The molecule has 0 radical (unpaired) electrons. The highest BCUT2D eigenvalue weighted by atomic mass is 35.5. The highest BCUT2D eigenvalue weighted by Gasteiger charge is 2.31. The van der Waals surface area contributed by atoms with E-state index in [1.54, 1.807) is 23.1 Å². The minimum atomic E-state index is -0.659. The van der Waals surface area contributed by atoms with Crippen LogP contribution in [-0.4, -0.2) is 34.9 Å². The minimum Gasteiger partial charge on any atom is -0.484 e. The van der Waals surface area contributed by atoms with Gasteiger partial charge in [-0.3, -0.25) is 9.59 Å². The second-order valence-corrected chi connectivity index (χ2v) is 11.3. The Morgan fingerprint density at radius 2 is 1.59 bits per heavy atom. The van der Waals surface area contributed by atoms with Crippen molar-refractivity contribution in [3.8, 4) is 5.75 Å². The van der Waals surface area contributed by atoms with Crippen LogP contribution in [0.4, 0.5) is 0 Å². The highest BCUT2D eigenvalue weighted by molar-refractivity contribution is 6.42. The van der Waals surface area contributed by atoms with Crippen molar-refractivity contribution in [2.75, 3.05) is 6.61 Å². The number of nitrogens with one attached hydrogen (secondary N) is 1. The third-order valence-corrected chi connectivity index (χ3v) is 6.04. The van der Waals surface area contributed by atoms with Gasteiger partial charge in [-0.05, 0) is 68.0 Å². The molecule has 0 aliphatic heterocycles. The topological polar surface area (TPSA) is 58.6 Å². The Labute approximate surface area is 213 Å². The Balaban J connectivity index is 2.24. The molecule has 0 aliphatic rings. The van der Waals surface area contributed by atoms with E-state index >= 15 is 0 Å². The van der Waals surface area contributed by atoms with Crippen molar-refractivity contribution < 1.29 is 14.3 Å². The van der Waals surface area contributed by atoms with E-state index in [1.165, 1.54) is 5.56 Å². The first-order valence-corrected chi connectivity index (χ1v) is 12.3. The van der Waals surface area contributed by atoms with E-state index in [-0.39, 0.29) is 30.4 Å². The summed E-state index contributed by atoms with van der Waals surface area (Å²) < 4.78 is 5.80. The summed E-state index contributed by atoms with van der Waals surface area (Å²) in [7, 11) is 0. The maximum absolute atomic E-state index is 13.3. The second-order valence-electron chi connectivity index (χ2n) is 10.5. The van der Waals surface area contributed by atoms with Crippen LogP contribution in [0, 0.1) is 0 Å². The number of nitrogens with zero attached hydrogens (tertiary/aromatic N) is 1. The maximum atomic E-state index is 13.3. The van der Waals surface area contributed by atoms with Gasteiger partial charge in [0, 0.05) is 12.1 Å². The molecule has 0 aromatic heterocycles. The molecule has 1 atom stereocenters. The molecule has 0 saturated carbocycles. The summed E-state index contributed by atoms with van der Waals surface area (Å²) in [5, 5.41) is 3.82. The predicted molar refractivity (Wildman–Crippen MR) is 140 cm³/mol. The van der Waals surface area contributed by atoms with E-state index in [9.17, 15) is 9.59 Å². The molecule has 0 saturated heterocycles. The Hall–Kier alpha value is -2.24. The fourth-order valence-electron chi connectivity index (χ4n) is 3.49. The summed E-state index contributed by atoms with van der Waals surface area (Å²) in [6.07, 6.45) is 0.454. The van der Waals surface area contributed by atoms with E-state index < -0.39 is 11.6 Å². The molecule has 0 spiro atoms. The monoisotopic (exact) mass is 506 g/mol. The minimum absolute atomic E-state index is 0.0275. The standard InChI is InChI=1S/C27H36Cl2N2O3/c1-8-23(25(33)30-27(5,6)7)31(16-18-9-14-21(28)22(29)15-18)24(32)17-34-20-12-10-19(11-13-20)26(2,3)4/h9-15,23H,8,16-17H2,1-7H3,(H,30,33). The van der Waals surface area contributed by atoms with Gasteiger partial charge in [-0.25, -0.2) is 0 Å². The average Bonchev–Trinajstić information content (AvgIpc) is 2.72. The van der Waals surface area contributed by atoms with Crippen LogP contribution >= 0.6 is 23.2 Å². The van der Waals surface area contributed by atoms with Crippen molar-refractivity contribution >= 4 is 35.0 Å². The van der Waals surface area contributed by atoms with Crippen LogP contribution in [0.2, 0.25) is 10.0 Å². The van der Waals surface area contributed by atoms with Crippen LogP contribution in [0.5, 0.6) is 5.75 Å². The molecule has 186 valence electrons. The molecule has 1 N–H and O–H groups in total. The number of hydrogen-bond acceptors (Lipinski definition) is 3. The van der Waals surface area contributed by atoms with E-state index in [2.05, 4.69) is 26.1 Å². The third kappa shape index (κ3) is 8.21. The molecule has 2 rings (SSSR count). The Kier molecular flexibility index (Phi) is 9.44. The number of amides is 2. The largest absolute Gasteiger partial charge is 0.484 e. The molecule has 0 bridgehead atoms. The van der Waals surface area contributed by atoms with E-state index in [4.69, 9.17) is 27.9 Å². The van der Waals surface area contributed by atoms with Crippen LogP contribution in [-0.2, 0) is 21.5 Å². The van der Waals surface area contributed by atoms with Crippen LogP contribution in [0.3, 0.4) is 0 Å². The molecule has 2 amide bonds. The molecule has 0 aliphatic carbocycles. The Morgan fingerprint density at radius 3 is 2.09 bits per heavy atom. The van der Waals surface area contributed by atoms with Gasteiger partial charge in [-0.1, -0.05) is 69.1 Å². The van der Waals surface area contributed by atoms with Gasteiger partial charge in [0.1, 0.15) is 11.8 Å². The molecule has 7 heteroatoms.